The van der Waals surface area contributed by atoms with Crippen molar-refractivity contribution in [2.45, 2.75) is 33.2 Å². The summed E-state index contributed by atoms with van der Waals surface area (Å²) in [7, 11) is 1.96. The summed E-state index contributed by atoms with van der Waals surface area (Å²) >= 11 is 0. The molecule has 2 aromatic rings. The van der Waals surface area contributed by atoms with Crippen LogP contribution < -0.4 is 10.6 Å². The Hall–Kier alpha value is -2.04. The van der Waals surface area contributed by atoms with E-state index in [0.717, 1.165) is 43.0 Å². The lowest BCUT2D eigenvalue weighted by atomic mass is 10.2. The Balaban J connectivity index is 1.99. The fraction of sp³-hybridized carbons (Fsp3) is 0.467. The van der Waals surface area contributed by atoms with Gasteiger partial charge in [-0.05, 0) is 18.9 Å². The molecule has 2 rings (SSSR count). The van der Waals surface area contributed by atoms with Crippen molar-refractivity contribution in [3.8, 4) is 0 Å². The second-order valence-electron chi connectivity index (χ2n) is 4.87. The van der Waals surface area contributed by atoms with Crippen LogP contribution in [0.1, 0.15) is 31.5 Å². The second-order valence-corrected chi connectivity index (χ2v) is 4.87. The Morgan fingerprint density at radius 3 is 2.60 bits per heavy atom. The summed E-state index contributed by atoms with van der Waals surface area (Å²) in [6.45, 7) is 6.02. The highest BCUT2D eigenvalue weighted by atomic mass is 15.3. The zero-order valence-electron chi connectivity index (χ0n) is 12.5. The molecule has 0 saturated heterocycles. The summed E-state index contributed by atoms with van der Waals surface area (Å²) in [5, 5.41) is 11.2. The standard InChI is InChI=1S/C15H23N5/c1-4-6-17-13-7-14(10-16-9-13)18-8-12-11-20(3)19-15(12)5-2/h7,9-11,17-18H,4-6,8H2,1-3H3. The van der Waals surface area contributed by atoms with E-state index >= 15 is 0 Å². The maximum Gasteiger partial charge on any atom is 0.0671 e. The molecule has 108 valence electrons. The van der Waals surface area contributed by atoms with E-state index in [2.05, 4.69) is 46.8 Å². The van der Waals surface area contributed by atoms with Crippen LogP contribution in [0.3, 0.4) is 0 Å². The van der Waals surface area contributed by atoms with Gasteiger partial charge in [-0.1, -0.05) is 13.8 Å². The van der Waals surface area contributed by atoms with Crippen molar-refractivity contribution in [1.82, 2.24) is 14.8 Å². The molecular weight excluding hydrogens is 250 g/mol. The minimum absolute atomic E-state index is 0.774. The third-order valence-corrected chi connectivity index (χ3v) is 3.13. The van der Waals surface area contributed by atoms with E-state index in [1.165, 1.54) is 5.56 Å². The zero-order chi connectivity index (χ0) is 14.4. The molecule has 0 aliphatic rings. The second kappa shape index (κ2) is 6.93. The van der Waals surface area contributed by atoms with Crippen molar-refractivity contribution in [2.24, 2.45) is 7.05 Å². The summed E-state index contributed by atoms with van der Waals surface area (Å²) in [5.74, 6) is 0. The predicted octanol–water partition coefficient (Wildman–Crippen LogP) is 2.81. The Bertz CT molecular complexity index is 547. The zero-order valence-corrected chi connectivity index (χ0v) is 12.5. The number of aromatic nitrogens is 3. The lowest BCUT2D eigenvalue weighted by molar-refractivity contribution is 0.746. The van der Waals surface area contributed by atoms with Crippen LogP contribution in [0.25, 0.3) is 0 Å². The Kier molecular flexibility index (Phi) is 4.98. The largest absolute Gasteiger partial charge is 0.384 e. The number of anilines is 2. The number of rotatable bonds is 7. The summed E-state index contributed by atoms with van der Waals surface area (Å²) in [6.07, 6.45) is 7.82. The molecule has 2 aromatic heterocycles. The van der Waals surface area contributed by atoms with Gasteiger partial charge in [-0.3, -0.25) is 9.67 Å². The quantitative estimate of drug-likeness (QED) is 0.814. The van der Waals surface area contributed by atoms with Gasteiger partial charge < -0.3 is 10.6 Å². The molecule has 0 spiro atoms. The van der Waals surface area contributed by atoms with Gasteiger partial charge in [0.1, 0.15) is 0 Å². The molecule has 0 bridgehead atoms. The molecule has 0 radical (unpaired) electrons. The third kappa shape index (κ3) is 3.73. The Morgan fingerprint density at radius 1 is 1.15 bits per heavy atom. The Morgan fingerprint density at radius 2 is 1.90 bits per heavy atom. The van der Waals surface area contributed by atoms with Crippen LogP contribution in [0.5, 0.6) is 0 Å². The van der Waals surface area contributed by atoms with Gasteiger partial charge in [0.05, 0.1) is 29.5 Å². The Labute approximate surface area is 120 Å². The van der Waals surface area contributed by atoms with Gasteiger partial charge in [-0.2, -0.15) is 5.10 Å². The molecule has 0 saturated carbocycles. The van der Waals surface area contributed by atoms with Crippen molar-refractivity contribution >= 4 is 11.4 Å². The molecule has 2 N–H and O–H groups in total. The molecule has 0 atom stereocenters. The van der Waals surface area contributed by atoms with Crippen LogP contribution in [-0.2, 0) is 20.0 Å². The molecule has 5 nitrogen and oxygen atoms in total. The summed E-state index contributed by atoms with van der Waals surface area (Å²) < 4.78 is 1.87. The number of pyridine rings is 1. The van der Waals surface area contributed by atoms with Gasteiger partial charge in [-0.15, -0.1) is 0 Å². The normalized spacial score (nSPS) is 10.6. The van der Waals surface area contributed by atoms with Crippen LogP contribution >= 0.6 is 0 Å². The first-order valence-corrected chi connectivity index (χ1v) is 7.17. The lowest BCUT2D eigenvalue weighted by Gasteiger charge is -2.09. The summed E-state index contributed by atoms with van der Waals surface area (Å²) in [4.78, 5) is 4.25. The highest BCUT2D eigenvalue weighted by molar-refractivity contribution is 5.54. The molecular formula is C15H23N5. The molecule has 2 heterocycles. The average Bonchev–Trinajstić information content (AvgIpc) is 2.83. The fourth-order valence-electron chi connectivity index (χ4n) is 2.13. The minimum atomic E-state index is 0.774. The van der Waals surface area contributed by atoms with Gasteiger partial charge in [0.15, 0.2) is 0 Å². The van der Waals surface area contributed by atoms with Gasteiger partial charge in [0.2, 0.25) is 0 Å². The number of nitrogens with one attached hydrogen (secondary N) is 2. The van der Waals surface area contributed by atoms with Crippen LogP contribution in [0, 0.1) is 0 Å². The number of hydrogen-bond acceptors (Lipinski definition) is 4. The van der Waals surface area contributed by atoms with Crippen molar-refractivity contribution in [3.05, 3.63) is 35.9 Å². The fourth-order valence-corrected chi connectivity index (χ4v) is 2.13. The van der Waals surface area contributed by atoms with Gasteiger partial charge >= 0.3 is 0 Å². The predicted molar refractivity (Wildman–Crippen MR) is 82.9 cm³/mol. The van der Waals surface area contributed by atoms with E-state index in [-0.39, 0.29) is 0 Å². The maximum atomic E-state index is 4.45. The van der Waals surface area contributed by atoms with Gasteiger partial charge in [-0.25, -0.2) is 0 Å². The molecule has 0 amide bonds. The molecule has 0 aliphatic heterocycles. The summed E-state index contributed by atoms with van der Waals surface area (Å²) in [6, 6.07) is 2.09. The third-order valence-electron chi connectivity index (χ3n) is 3.13. The van der Waals surface area contributed by atoms with E-state index < -0.39 is 0 Å². The van der Waals surface area contributed by atoms with E-state index in [1.807, 2.05) is 24.1 Å². The smallest absolute Gasteiger partial charge is 0.0671 e. The maximum absolute atomic E-state index is 4.45. The molecule has 0 unspecified atom stereocenters. The lowest BCUT2D eigenvalue weighted by Crippen LogP contribution is -2.04. The van der Waals surface area contributed by atoms with Crippen molar-refractivity contribution in [3.63, 3.8) is 0 Å². The first-order chi connectivity index (χ1) is 9.72. The molecule has 0 aliphatic carbocycles. The molecule has 0 fully saturated rings. The van der Waals surface area contributed by atoms with E-state index in [0.29, 0.717) is 0 Å². The van der Waals surface area contributed by atoms with Crippen LogP contribution in [0.2, 0.25) is 0 Å². The summed E-state index contributed by atoms with van der Waals surface area (Å²) in [5.41, 5.74) is 4.46. The topological polar surface area (TPSA) is 54.8 Å². The monoisotopic (exact) mass is 273 g/mol. The van der Waals surface area contributed by atoms with E-state index in [1.54, 1.807) is 0 Å². The van der Waals surface area contributed by atoms with E-state index in [4.69, 9.17) is 0 Å². The first kappa shape index (κ1) is 14.4. The highest BCUT2D eigenvalue weighted by Gasteiger charge is 2.05. The number of hydrogen-bond donors (Lipinski definition) is 2. The van der Waals surface area contributed by atoms with Crippen LogP contribution in [0.4, 0.5) is 11.4 Å². The molecule has 0 aromatic carbocycles. The van der Waals surface area contributed by atoms with Crippen molar-refractivity contribution < 1.29 is 0 Å². The SMILES string of the molecule is CCCNc1cncc(NCc2cn(C)nc2CC)c1. The number of aryl methyl sites for hydroxylation is 2. The van der Waals surface area contributed by atoms with Crippen LogP contribution in [0.15, 0.2) is 24.7 Å². The van der Waals surface area contributed by atoms with Gasteiger partial charge in [0.25, 0.3) is 0 Å². The minimum Gasteiger partial charge on any atom is -0.384 e. The average molecular weight is 273 g/mol. The van der Waals surface area contributed by atoms with Crippen molar-refractivity contribution in [1.29, 1.82) is 0 Å². The molecule has 20 heavy (non-hydrogen) atoms. The van der Waals surface area contributed by atoms with Crippen LogP contribution in [-0.4, -0.2) is 21.3 Å². The molecule has 5 heteroatoms. The highest BCUT2D eigenvalue weighted by Crippen LogP contribution is 2.15. The first-order valence-electron chi connectivity index (χ1n) is 7.17. The number of nitrogens with zero attached hydrogens (tertiary/aromatic N) is 3. The van der Waals surface area contributed by atoms with E-state index in [9.17, 15) is 0 Å². The van der Waals surface area contributed by atoms with Crippen molar-refractivity contribution in [2.75, 3.05) is 17.2 Å². The van der Waals surface area contributed by atoms with Gasteiger partial charge in [0, 0.05) is 31.9 Å².